The Kier molecular flexibility index (Phi) is 6.61. The highest BCUT2D eigenvalue weighted by molar-refractivity contribution is 5.85. The molecule has 0 bridgehead atoms. The van der Waals surface area contributed by atoms with Gasteiger partial charge in [0.15, 0.2) is 0 Å². The number of aliphatic hydroxyl groups excluding tert-OH is 1. The van der Waals surface area contributed by atoms with Crippen molar-refractivity contribution in [2.24, 2.45) is 0 Å². The van der Waals surface area contributed by atoms with E-state index in [1.807, 2.05) is 48.5 Å². The van der Waals surface area contributed by atoms with Crippen molar-refractivity contribution in [1.82, 2.24) is 10.3 Å². The number of aromatic nitrogens is 1. The third-order valence-corrected chi connectivity index (χ3v) is 6.19. The molecule has 2 aromatic heterocycles. The molecule has 0 radical (unpaired) electrons. The number of carboxylic acids is 1. The Balaban J connectivity index is 1.19. The summed E-state index contributed by atoms with van der Waals surface area (Å²) in [7, 11) is 0. The number of ether oxygens (including phenoxy) is 1. The van der Waals surface area contributed by atoms with Gasteiger partial charge in [-0.2, -0.15) is 0 Å². The van der Waals surface area contributed by atoms with Crippen LogP contribution < -0.4 is 10.1 Å². The molecule has 35 heavy (non-hydrogen) atoms. The molecule has 4 aromatic rings. The van der Waals surface area contributed by atoms with Crippen LogP contribution in [0.5, 0.6) is 5.75 Å². The Hall–Kier alpha value is -3.94. The number of aryl methyl sites for hydroxylation is 1. The van der Waals surface area contributed by atoms with Crippen LogP contribution in [0.4, 0.5) is 0 Å². The number of rotatable bonds is 8. The van der Waals surface area contributed by atoms with Crippen molar-refractivity contribution < 1.29 is 24.2 Å². The Morgan fingerprint density at radius 3 is 2.60 bits per heavy atom. The highest BCUT2D eigenvalue weighted by Gasteiger charge is 2.20. The van der Waals surface area contributed by atoms with Gasteiger partial charge in [-0.1, -0.05) is 36.4 Å². The van der Waals surface area contributed by atoms with E-state index in [0.29, 0.717) is 18.8 Å². The summed E-state index contributed by atoms with van der Waals surface area (Å²) < 4.78 is 11.6. The van der Waals surface area contributed by atoms with Gasteiger partial charge in [-0.15, -0.1) is 0 Å². The van der Waals surface area contributed by atoms with Crippen LogP contribution in [-0.2, 0) is 6.42 Å². The van der Waals surface area contributed by atoms with Gasteiger partial charge in [0.2, 0.25) is 5.76 Å². The zero-order valence-electron chi connectivity index (χ0n) is 19.1. The maximum absolute atomic E-state index is 11.0. The summed E-state index contributed by atoms with van der Waals surface area (Å²) in [5.74, 6) is 0.273. The molecule has 2 atom stereocenters. The van der Waals surface area contributed by atoms with Crippen LogP contribution >= 0.6 is 0 Å². The summed E-state index contributed by atoms with van der Waals surface area (Å²) in [4.78, 5) is 15.1. The van der Waals surface area contributed by atoms with E-state index in [4.69, 9.17) is 14.3 Å². The summed E-state index contributed by atoms with van der Waals surface area (Å²) in [6.45, 7) is 1.11. The molecule has 3 heterocycles. The van der Waals surface area contributed by atoms with Crippen molar-refractivity contribution in [1.29, 1.82) is 0 Å². The van der Waals surface area contributed by atoms with Gasteiger partial charge in [0.1, 0.15) is 17.6 Å². The highest BCUT2D eigenvalue weighted by Crippen LogP contribution is 2.33. The van der Waals surface area contributed by atoms with Crippen LogP contribution in [0.2, 0.25) is 0 Å². The molecule has 5 rings (SSSR count). The van der Waals surface area contributed by atoms with Crippen LogP contribution in [0, 0.1) is 0 Å². The molecule has 0 unspecified atom stereocenters. The number of benzene rings is 2. The van der Waals surface area contributed by atoms with E-state index in [-0.39, 0.29) is 11.9 Å². The Labute approximate surface area is 203 Å². The molecule has 0 saturated carbocycles. The van der Waals surface area contributed by atoms with E-state index >= 15 is 0 Å². The molecule has 7 nitrogen and oxygen atoms in total. The molecule has 0 spiro atoms. The smallest absolute Gasteiger partial charge is 0.371 e. The monoisotopic (exact) mass is 470 g/mol. The number of hydrogen-bond acceptors (Lipinski definition) is 6. The maximum atomic E-state index is 11.0. The minimum absolute atomic E-state index is 0.0534. The predicted octanol–water partition coefficient (Wildman–Crippen LogP) is 4.72. The summed E-state index contributed by atoms with van der Waals surface area (Å²) in [6, 6.07) is 20.9. The first-order chi connectivity index (χ1) is 17.1. The molecule has 0 amide bonds. The fraction of sp³-hybridized carbons (Fsp3) is 0.214. The number of furan rings is 1. The SMILES string of the molecule is O=C(O)c1ccc(-c2ccc(-c3ccc4c(c3)CC[C@H](CNC[C@H](O)c3cccnc3)O4)cc2)o1. The van der Waals surface area contributed by atoms with Crippen molar-refractivity contribution >= 4 is 5.97 Å². The van der Waals surface area contributed by atoms with Gasteiger partial charge in [0.25, 0.3) is 0 Å². The van der Waals surface area contributed by atoms with Crippen LogP contribution in [0.1, 0.15) is 34.2 Å². The largest absolute Gasteiger partial charge is 0.489 e. The lowest BCUT2D eigenvalue weighted by molar-refractivity contribution is 0.0663. The molecular weight excluding hydrogens is 444 g/mol. The average molecular weight is 471 g/mol. The van der Waals surface area contributed by atoms with Crippen molar-refractivity contribution in [2.75, 3.05) is 13.1 Å². The number of aromatic carboxylic acids is 1. The fourth-order valence-electron chi connectivity index (χ4n) is 4.27. The zero-order chi connectivity index (χ0) is 24.2. The van der Waals surface area contributed by atoms with Crippen LogP contribution in [0.25, 0.3) is 22.5 Å². The van der Waals surface area contributed by atoms with E-state index in [9.17, 15) is 9.90 Å². The second kappa shape index (κ2) is 10.1. The van der Waals surface area contributed by atoms with Gasteiger partial charge in [0.05, 0.1) is 6.10 Å². The van der Waals surface area contributed by atoms with Gasteiger partial charge in [0, 0.05) is 36.6 Å². The van der Waals surface area contributed by atoms with Crippen LogP contribution in [0.3, 0.4) is 0 Å². The summed E-state index contributed by atoms with van der Waals surface area (Å²) in [5, 5.41) is 22.6. The fourth-order valence-corrected chi connectivity index (χ4v) is 4.27. The minimum atomic E-state index is -1.08. The van der Waals surface area contributed by atoms with Gasteiger partial charge in [-0.25, -0.2) is 4.79 Å². The first-order valence-corrected chi connectivity index (χ1v) is 11.6. The number of carbonyl (C=O) groups is 1. The Morgan fingerprint density at radius 2 is 1.86 bits per heavy atom. The number of aliphatic hydroxyl groups is 1. The second-order valence-electron chi connectivity index (χ2n) is 8.61. The quantitative estimate of drug-likeness (QED) is 0.342. The van der Waals surface area contributed by atoms with E-state index < -0.39 is 12.1 Å². The molecule has 0 saturated heterocycles. The molecule has 0 fully saturated rings. The first kappa shape index (κ1) is 22.8. The number of hydrogen-bond donors (Lipinski definition) is 3. The molecule has 7 heteroatoms. The molecule has 178 valence electrons. The summed E-state index contributed by atoms with van der Waals surface area (Å²) >= 11 is 0. The molecule has 3 N–H and O–H groups in total. The normalized spacial score (nSPS) is 15.7. The van der Waals surface area contributed by atoms with E-state index in [1.165, 1.54) is 11.6 Å². The minimum Gasteiger partial charge on any atom is -0.489 e. The lowest BCUT2D eigenvalue weighted by Gasteiger charge is -2.27. The zero-order valence-corrected chi connectivity index (χ0v) is 19.1. The molecule has 2 aromatic carbocycles. The van der Waals surface area contributed by atoms with Gasteiger partial charge in [-0.3, -0.25) is 4.98 Å². The number of nitrogens with zero attached hydrogens (tertiary/aromatic N) is 1. The third kappa shape index (κ3) is 5.26. The summed E-state index contributed by atoms with van der Waals surface area (Å²) in [6.07, 6.45) is 4.64. The Bertz CT molecular complexity index is 1300. The molecule has 0 aliphatic carbocycles. The molecule has 1 aliphatic heterocycles. The molecule has 1 aliphatic rings. The predicted molar refractivity (Wildman–Crippen MR) is 131 cm³/mol. The standard InChI is InChI=1S/C28H26N2O5/c31-24(22-2-1-13-29-15-22)17-30-16-23-9-7-21-14-20(8-10-26(21)34-23)18-3-5-19(6-4-18)25-11-12-27(35-25)28(32)33/h1-6,8,10-15,23-24,30-31H,7,9,16-17H2,(H,32,33)/t23-,24+/m1/s1. The average Bonchev–Trinajstić information content (AvgIpc) is 3.40. The third-order valence-electron chi connectivity index (χ3n) is 6.19. The van der Waals surface area contributed by atoms with Crippen molar-refractivity contribution in [3.8, 4) is 28.2 Å². The van der Waals surface area contributed by atoms with E-state index in [1.54, 1.807) is 18.5 Å². The summed E-state index contributed by atoms with van der Waals surface area (Å²) in [5.41, 5.74) is 4.96. The van der Waals surface area contributed by atoms with E-state index in [0.717, 1.165) is 40.8 Å². The first-order valence-electron chi connectivity index (χ1n) is 11.6. The van der Waals surface area contributed by atoms with Gasteiger partial charge >= 0.3 is 5.97 Å². The number of fused-ring (bicyclic) bond motifs is 1. The number of pyridine rings is 1. The van der Waals surface area contributed by atoms with Crippen LogP contribution in [0.15, 0.2) is 83.5 Å². The molecular formula is C28H26N2O5. The van der Waals surface area contributed by atoms with E-state index in [2.05, 4.69) is 16.4 Å². The maximum Gasteiger partial charge on any atom is 0.371 e. The Morgan fingerprint density at radius 1 is 1.06 bits per heavy atom. The topological polar surface area (TPSA) is 105 Å². The highest BCUT2D eigenvalue weighted by atomic mass is 16.5. The lowest BCUT2D eigenvalue weighted by Crippen LogP contribution is -2.36. The van der Waals surface area contributed by atoms with Crippen molar-refractivity contribution in [2.45, 2.75) is 25.0 Å². The second-order valence-corrected chi connectivity index (χ2v) is 8.61. The van der Waals surface area contributed by atoms with Gasteiger partial charge < -0.3 is 24.7 Å². The lowest BCUT2D eigenvalue weighted by atomic mass is 9.96. The van der Waals surface area contributed by atoms with Crippen molar-refractivity contribution in [3.63, 3.8) is 0 Å². The van der Waals surface area contributed by atoms with Gasteiger partial charge in [-0.05, 0) is 59.9 Å². The van der Waals surface area contributed by atoms with Crippen LogP contribution in [-0.4, -0.2) is 40.4 Å². The van der Waals surface area contributed by atoms with Crippen molar-refractivity contribution in [3.05, 3.63) is 96.0 Å². The number of carboxylic acid groups (broad SMARTS) is 1. The number of nitrogens with one attached hydrogen (secondary N) is 1.